The third-order valence-corrected chi connectivity index (χ3v) is 2.96. The number of ether oxygens (including phenoxy) is 1. The van der Waals surface area contributed by atoms with Crippen LogP contribution in [0.4, 0.5) is 0 Å². The normalized spacial score (nSPS) is 10.4. The van der Waals surface area contributed by atoms with Crippen molar-refractivity contribution in [1.82, 2.24) is 4.98 Å². The molecule has 2 rings (SSSR count). The Morgan fingerprint density at radius 3 is 2.80 bits per heavy atom. The fourth-order valence-electron chi connectivity index (χ4n) is 2.00. The first kappa shape index (κ1) is 14.2. The largest absolute Gasteiger partial charge is 0.466 e. The Morgan fingerprint density at radius 2 is 2.00 bits per heavy atom. The maximum atomic E-state index is 11.8. The minimum absolute atomic E-state index is 0.0233. The van der Waals surface area contributed by atoms with Crippen LogP contribution in [0.2, 0.25) is 0 Å². The number of hydrogen-bond acceptors (Lipinski definition) is 4. The van der Waals surface area contributed by atoms with E-state index in [1.807, 2.05) is 30.3 Å². The van der Waals surface area contributed by atoms with Gasteiger partial charge in [0.05, 0.1) is 18.5 Å². The van der Waals surface area contributed by atoms with E-state index in [1.54, 1.807) is 13.1 Å². The Hall–Kier alpha value is -2.23. The molecule has 4 nitrogen and oxygen atoms in total. The van der Waals surface area contributed by atoms with Gasteiger partial charge in [0.25, 0.3) is 0 Å². The summed E-state index contributed by atoms with van der Waals surface area (Å²) in [4.78, 5) is 27.3. The second-order valence-corrected chi connectivity index (χ2v) is 4.56. The highest BCUT2D eigenvalue weighted by molar-refractivity contribution is 5.86. The summed E-state index contributed by atoms with van der Waals surface area (Å²) in [5, 5.41) is 1.02. The van der Waals surface area contributed by atoms with Gasteiger partial charge < -0.3 is 4.74 Å². The smallest absolute Gasteiger partial charge is 0.306 e. The van der Waals surface area contributed by atoms with Gasteiger partial charge >= 0.3 is 5.97 Å². The van der Waals surface area contributed by atoms with Gasteiger partial charge in [-0.05, 0) is 24.6 Å². The highest BCUT2D eigenvalue weighted by Crippen LogP contribution is 2.13. The lowest BCUT2D eigenvalue weighted by Crippen LogP contribution is -2.09. The molecule has 4 heteroatoms. The third-order valence-electron chi connectivity index (χ3n) is 2.96. The van der Waals surface area contributed by atoms with Crippen LogP contribution in [0.1, 0.15) is 25.3 Å². The van der Waals surface area contributed by atoms with E-state index in [0.29, 0.717) is 13.0 Å². The number of esters is 1. The Morgan fingerprint density at radius 1 is 1.20 bits per heavy atom. The maximum Gasteiger partial charge on any atom is 0.306 e. The van der Waals surface area contributed by atoms with Crippen molar-refractivity contribution in [1.29, 1.82) is 0 Å². The van der Waals surface area contributed by atoms with Gasteiger partial charge in [0.2, 0.25) is 0 Å². The molecule has 0 radical (unpaired) electrons. The van der Waals surface area contributed by atoms with Crippen LogP contribution >= 0.6 is 0 Å². The summed E-state index contributed by atoms with van der Waals surface area (Å²) in [7, 11) is 0. The molecule has 1 aromatic heterocycles. The molecule has 0 fully saturated rings. The van der Waals surface area contributed by atoms with E-state index in [-0.39, 0.29) is 24.6 Å². The Bertz CT molecular complexity index is 622. The van der Waals surface area contributed by atoms with Gasteiger partial charge in [0.15, 0.2) is 0 Å². The number of hydrogen-bond donors (Lipinski definition) is 0. The molecule has 20 heavy (non-hydrogen) atoms. The average Bonchev–Trinajstić information content (AvgIpc) is 2.45. The molecule has 0 atom stereocenters. The van der Waals surface area contributed by atoms with Crippen molar-refractivity contribution in [2.45, 2.75) is 26.2 Å². The van der Waals surface area contributed by atoms with Crippen LogP contribution in [0.5, 0.6) is 0 Å². The number of fused-ring (bicyclic) bond motifs is 1. The summed E-state index contributed by atoms with van der Waals surface area (Å²) >= 11 is 0. The highest BCUT2D eigenvalue weighted by atomic mass is 16.5. The number of carbonyl (C=O) groups excluding carboxylic acids is 2. The number of pyridine rings is 1. The first-order valence-electron chi connectivity index (χ1n) is 6.70. The van der Waals surface area contributed by atoms with E-state index >= 15 is 0 Å². The number of aromatic nitrogens is 1. The summed E-state index contributed by atoms with van der Waals surface area (Å²) in [6, 6.07) is 9.73. The van der Waals surface area contributed by atoms with Gasteiger partial charge in [-0.2, -0.15) is 0 Å². The molecular weight excluding hydrogens is 254 g/mol. The van der Waals surface area contributed by atoms with Gasteiger partial charge in [-0.3, -0.25) is 14.6 Å². The molecule has 104 valence electrons. The average molecular weight is 271 g/mol. The minimum atomic E-state index is -0.322. The number of benzene rings is 1. The predicted molar refractivity (Wildman–Crippen MR) is 76.3 cm³/mol. The van der Waals surface area contributed by atoms with Crippen molar-refractivity contribution in [3.8, 4) is 0 Å². The van der Waals surface area contributed by atoms with Gasteiger partial charge in [-0.25, -0.2) is 0 Å². The second-order valence-electron chi connectivity index (χ2n) is 4.56. The molecule has 0 unspecified atom stereocenters. The number of rotatable bonds is 6. The number of nitrogens with zero attached hydrogens (tertiary/aromatic N) is 1. The quantitative estimate of drug-likeness (QED) is 0.758. The monoisotopic (exact) mass is 271 g/mol. The highest BCUT2D eigenvalue weighted by Gasteiger charge is 2.09. The van der Waals surface area contributed by atoms with E-state index in [9.17, 15) is 9.59 Å². The van der Waals surface area contributed by atoms with Crippen LogP contribution in [0, 0.1) is 0 Å². The van der Waals surface area contributed by atoms with Crippen molar-refractivity contribution in [3.63, 3.8) is 0 Å². The Labute approximate surface area is 117 Å². The minimum Gasteiger partial charge on any atom is -0.466 e. The zero-order valence-corrected chi connectivity index (χ0v) is 11.5. The maximum absolute atomic E-state index is 11.8. The van der Waals surface area contributed by atoms with Crippen molar-refractivity contribution >= 4 is 22.7 Å². The van der Waals surface area contributed by atoms with Crippen molar-refractivity contribution in [2.24, 2.45) is 0 Å². The summed E-state index contributed by atoms with van der Waals surface area (Å²) in [5.41, 5.74) is 1.78. The molecule has 1 aromatic carbocycles. The summed E-state index contributed by atoms with van der Waals surface area (Å²) in [5.74, 6) is -0.298. The summed E-state index contributed by atoms with van der Waals surface area (Å²) in [6.45, 7) is 2.10. The fourth-order valence-corrected chi connectivity index (χ4v) is 2.00. The van der Waals surface area contributed by atoms with Gasteiger partial charge in [-0.1, -0.05) is 18.2 Å². The molecule has 1 heterocycles. The van der Waals surface area contributed by atoms with Crippen LogP contribution in [-0.4, -0.2) is 23.3 Å². The van der Waals surface area contributed by atoms with Gasteiger partial charge in [0.1, 0.15) is 5.78 Å². The first-order valence-corrected chi connectivity index (χ1v) is 6.70. The molecule has 0 spiro atoms. The molecule has 0 amide bonds. The zero-order valence-electron chi connectivity index (χ0n) is 11.5. The number of carbonyl (C=O) groups is 2. The Kier molecular flexibility index (Phi) is 4.82. The Balaban J connectivity index is 1.94. The van der Waals surface area contributed by atoms with E-state index in [4.69, 9.17) is 4.74 Å². The SMILES string of the molecule is CCOC(=O)CCC(=O)Cc1cnc2ccccc2c1. The van der Waals surface area contributed by atoms with Crippen molar-refractivity contribution < 1.29 is 14.3 Å². The molecule has 2 aromatic rings. The van der Waals surface area contributed by atoms with Crippen LogP contribution in [-0.2, 0) is 20.7 Å². The van der Waals surface area contributed by atoms with Crippen LogP contribution in [0.3, 0.4) is 0 Å². The van der Waals surface area contributed by atoms with E-state index in [2.05, 4.69) is 4.98 Å². The van der Waals surface area contributed by atoms with Crippen molar-refractivity contribution in [2.75, 3.05) is 6.61 Å². The molecule has 0 aliphatic heterocycles. The van der Waals surface area contributed by atoms with Gasteiger partial charge in [0, 0.05) is 24.4 Å². The zero-order chi connectivity index (χ0) is 14.4. The molecule has 0 saturated carbocycles. The standard InChI is InChI=1S/C16H17NO3/c1-2-20-16(19)8-7-14(18)10-12-9-13-5-3-4-6-15(13)17-11-12/h3-6,9,11H,2,7-8,10H2,1H3. The lowest BCUT2D eigenvalue weighted by molar-refractivity contribution is -0.144. The summed E-state index contributed by atoms with van der Waals surface area (Å²) < 4.78 is 4.80. The lowest BCUT2D eigenvalue weighted by Gasteiger charge is -2.03. The van der Waals surface area contributed by atoms with Crippen LogP contribution in [0.15, 0.2) is 36.5 Å². The molecule has 0 N–H and O–H groups in total. The predicted octanol–water partition coefficient (Wildman–Crippen LogP) is 2.69. The molecule has 0 aliphatic carbocycles. The van der Waals surface area contributed by atoms with E-state index in [1.165, 1.54) is 0 Å². The molecule has 0 saturated heterocycles. The topological polar surface area (TPSA) is 56.3 Å². The summed E-state index contributed by atoms with van der Waals surface area (Å²) in [6.07, 6.45) is 2.38. The lowest BCUT2D eigenvalue weighted by atomic mass is 10.1. The first-order chi connectivity index (χ1) is 9.69. The van der Waals surface area contributed by atoms with Crippen molar-refractivity contribution in [3.05, 3.63) is 42.1 Å². The second kappa shape index (κ2) is 6.80. The van der Waals surface area contributed by atoms with Gasteiger partial charge in [-0.15, -0.1) is 0 Å². The van der Waals surface area contributed by atoms with E-state index < -0.39 is 0 Å². The number of ketones is 1. The molecule has 0 aliphatic rings. The number of para-hydroxylation sites is 1. The third kappa shape index (κ3) is 3.88. The van der Waals surface area contributed by atoms with Crippen LogP contribution in [0.25, 0.3) is 10.9 Å². The van der Waals surface area contributed by atoms with E-state index in [0.717, 1.165) is 16.5 Å². The van der Waals surface area contributed by atoms with Crippen LogP contribution < -0.4 is 0 Å². The molecular formula is C16H17NO3. The fraction of sp³-hybridized carbons (Fsp3) is 0.312. The number of Topliss-reactive ketones (excluding diaryl/α,β-unsaturated/α-hetero) is 1. The molecule has 0 bridgehead atoms.